The van der Waals surface area contributed by atoms with Crippen molar-refractivity contribution in [1.82, 2.24) is 5.32 Å². The lowest BCUT2D eigenvalue weighted by atomic mass is 9.52. The van der Waals surface area contributed by atoms with Gasteiger partial charge in [-0.3, -0.25) is 0 Å². The molecule has 0 spiro atoms. The minimum absolute atomic E-state index is 0.0870. The SMILES string of the molecule is C[C@]12CCC3c4ccc(OC(=O)N[C@@H](Cc5ccccc5)C(=O)O)cc4C[C@@H](CCCCCCCCC[S+]([O-])CCCC(F)(F)C(F)(F)F)[C@H]3[C@@H]1CC[C@@H]2O. The molecule has 3 aliphatic rings. The number of unbranched alkanes of at least 4 members (excludes halogenated alkanes) is 6. The zero-order chi connectivity index (χ0) is 39.8. The van der Waals surface area contributed by atoms with Crippen molar-refractivity contribution < 1.29 is 51.0 Å². The molecule has 0 radical (unpaired) electrons. The topological polar surface area (TPSA) is 119 Å². The van der Waals surface area contributed by atoms with E-state index in [9.17, 15) is 46.3 Å². The lowest BCUT2D eigenvalue weighted by Gasteiger charge is -2.53. The number of carbonyl (C=O) groups is 2. The van der Waals surface area contributed by atoms with E-state index in [0.717, 1.165) is 88.2 Å². The highest BCUT2D eigenvalue weighted by Crippen LogP contribution is 2.62. The predicted molar refractivity (Wildman–Crippen MR) is 202 cm³/mol. The van der Waals surface area contributed by atoms with E-state index < -0.39 is 54.2 Å². The average Bonchev–Trinajstić information content (AvgIpc) is 3.43. The van der Waals surface area contributed by atoms with Gasteiger partial charge in [0.1, 0.15) is 23.3 Å². The van der Waals surface area contributed by atoms with Gasteiger partial charge in [0.2, 0.25) is 0 Å². The molecule has 8 atom stereocenters. The number of fused-ring (bicyclic) bond motifs is 5. The third kappa shape index (κ3) is 11.2. The molecule has 306 valence electrons. The van der Waals surface area contributed by atoms with Crippen molar-refractivity contribution >= 4 is 23.2 Å². The van der Waals surface area contributed by atoms with Crippen molar-refractivity contribution in [3.63, 3.8) is 0 Å². The van der Waals surface area contributed by atoms with E-state index in [1.807, 2.05) is 36.4 Å². The first-order valence-electron chi connectivity index (χ1n) is 19.9. The molecule has 3 N–H and O–H groups in total. The Labute approximate surface area is 324 Å². The molecule has 1 amide bonds. The number of alkyl halides is 5. The number of benzene rings is 2. The number of ether oxygens (including phenoxy) is 1. The lowest BCUT2D eigenvalue weighted by Crippen LogP contribution is -2.47. The van der Waals surface area contributed by atoms with Crippen LogP contribution in [0.15, 0.2) is 48.5 Å². The number of amides is 1. The second-order valence-corrected chi connectivity index (χ2v) is 18.0. The molecule has 2 saturated carbocycles. The third-order valence-corrected chi connectivity index (χ3v) is 14.1. The van der Waals surface area contributed by atoms with Crippen LogP contribution in [0.2, 0.25) is 0 Å². The normalized spacial score (nSPS) is 26.0. The minimum atomic E-state index is -5.57. The fourth-order valence-electron chi connectivity index (χ4n) is 9.67. The number of nitrogens with one attached hydrogen (secondary N) is 1. The van der Waals surface area contributed by atoms with E-state index in [1.165, 1.54) is 5.56 Å². The van der Waals surface area contributed by atoms with Crippen molar-refractivity contribution in [2.75, 3.05) is 11.5 Å². The van der Waals surface area contributed by atoms with Crippen molar-refractivity contribution in [2.24, 2.45) is 23.2 Å². The molecular formula is C42H56F5NO6S. The number of aliphatic hydroxyl groups is 1. The largest absolute Gasteiger partial charge is 0.616 e. The van der Waals surface area contributed by atoms with Gasteiger partial charge in [0.25, 0.3) is 0 Å². The summed E-state index contributed by atoms with van der Waals surface area (Å²) in [7, 11) is 0. The van der Waals surface area contributed by atoms with E-state index in [4.69, 9.17) is 4.74 Å². The molecule has 5 rings (SSSR count). The number of carboxylic acids is 1. The Morgan fingerprint density at radius 3 is 2.31 bits per heavy atom. The summed E-state index contributed by atoms with van der Waals surface area (Å²) in [4.78, 5) is 24.8. The molecule has 2 aromatic carbocycles. The fourth-order valence-corrected chi connectivity index (χ4v) is 10.9. The number of carbonyl (C=O) groups excluding carboxylic acids is 1. The van der Waals surface area contributed by atoms with Gasteiger partial charge in [-0.2, -0.15) is 22.0 Å². The molecule has 13 heteroatoms. The van der Waals surface area contributed by atoms with Crippen LogP contribution in [0.25, 0.3) is 0 Å². The highest BCUT2D eigenvalue weighted by Gasteiger charge is 2.57. The van der Waals surface area contributed by atoms with E-state index in [0.29, 0.717) is 41.6 Å². The van der Waals surface area contributed by atoms with Crippen LogP contribution in [-0.4, -0.2) is 62.6 Å². The lowest BCUT2D eigenvalue weighted by molar-refractivity contribution is -0.284. The molecule has 2 aromatic rings. The number of aliphatic hydroxyl groups excluding tert-OH is 1. The third-order valence-electron chi connectivity index (χ3n) is 12.6. The summed E-state index contributed by atoms with van der Waals surface area (Å²) in [6.07, 6.45) is 3.97. The van der Waals surface area contributed by atoms with Gasteiger partial charge in [-0.1, -0.05) is 86.6 Å². The second kappa shape index (κ2) is 19.0. The van der Waals surface area contributed by atoms with E-state index in [-0.39, 0.29) is 23.7 Å². The van der Waals surface area contributed by atoms with Crippen LogP contribution in [0.5, 0.6) is 5.75 Å². The highest BCUT2D eigenvalue weighted by molar-refractivity contribution is 7.91. The Morgan fingerprint density at radius 2 is 1.62 bits per heavy atom. The summed E-state index contributed by atoms with van der Waals surface area (Å²) in [5, 5.41) is 23.3. The number of halogens is 5. The van der Waals surface area contributed by atoms with Crippen molar-refractivity contribution in [3.05, 3.63) is 65.2 Å². The van der Waals surface area contributed by atoms with Gasteiger partial charge in [0, 0.05) is 12.8 Å². The van der Waals surface area contributed by atoms with Crippen LogP contribution in [0.1, 0.15) is 119 Å². The minimum Gasteiger partial charge on any atom is -0.616 e. The predicted octanol–water partition coefficient (Wildman–Crippen LogP) is 9.76. The average molecular weight is 798 g/mol. The van der Waals surface area contributed by atoms with Gasteiger partial charge < -0.3 is 24.8 Å². The zero-order valence-corrected chi connectivity index (χ0v) is 32.5. The number of rotatable bonds is 19. The first-order valence-corrected chi connectivity index (χ1v) is 21.4. The Kier molecular flexibility index (Phi) is 15.0. The molecular weight excluding hydrogens is 742 g/mol. The van der Waals surface area contributed by atoms with E-state index in [1.54, 1.807) is 6.07 Å². The highest BCUT2D eigenvalue weighted by atomic mass is 32.2. The van der Waals surface area contributed by atoms with E-state index in [2.05, 4.69) is 18.3 Å². The van der Waals surface area contributed by atoms with Gasteiger partial charge >= 0.3 is 24.2 Å². The summed E-state index contributed by atoms with van der Waals surface area (Å²) in [5.74, 6) is -3.70. The van der Waals surface area contributed by atoms with Crippen LogP contribution in [-0.2, 0) is 28.8 Å². The molecule has 2 fully saturated rings. The number of aliphatic carboxylic acids is 1. The van der Waals surface area contributed by atoms with Crippen LogP contribution in [0.4, 0.5) is 26.7 Å². The summed E-state index contributed by atoms with van der Waals surface area (Å²) in [5.41, 5.74) is 3.14. The molecule has 55 heavy (non-hydrogen) atoms. The van der Waals surface area contributed by atoms with Crippen LogP contribution in [0, 0.1) is 23.2 Å². The Hall–Kier alpha value is -2.90. The fraction of sp³-hybridized carbons (Fsp3) is 0.667. The number of hydrogen-bond acceptors (Lipinski definition) is 5. The maximum atomic E-state index is 13.1. The molecule has 0 aliphatic heterocycles. The monoisotopic (exact) mass is 797 g/mol. The van der Waals surface area contributed by atoms with Crippen LogP contribution < -0.4 is 10.1 Å². The van der Waals surface area contributed by atoms with Crippen LogP contribution >= 0.6 is 0 Å². The Balaban J connectivity index is 1.11. The summed E-state index contributed by atoms with van der Waals surface area (Å²) in [6.45, 7) is 2.26. The van der Waals surface area contributed by atoms with Gasteiger partial charge in [0.15, 0.2) is 0 Å². The van der Waals surface area contributed by atoms with Gasteiger partial charge in [-0.25, -0.2) is 9.59 Å². The van der Waals surface area contributed by atoms with Gasteiger partial charge in [-0.15, -0.1) is 0 Å². The number of carboxylic acid groups (broad SMARTS) is 1. The van der Waals surface area contributed by atoms with E-state index >= 15 is 0 Å². The zero-order valence-electron chi connectivity index (χ0n) is 31.6. The van der Waals surface area contributed by atoms with Gasteiger partial charge in [0.05, 0.1) is 6.10 Å². The van der Waals surface area contributed by atoms with Gasteiger partial charge in [-0.05, 0) is 116 Å². The molecule has 0 heterocycles. The summed E-state index contributed by atoms with van der Waals surface area (Å²) < 4.78 is 80.8. The molecule has 3 aliphatic carbocycles. The van der Waals surface area contributed by atoms with Crippen LogP contribution in [0.3, 0.4) is 0 Å². The number of hydrogen-bond donors (Lipinski definition) is 3. The molecule has 0 bridgehead atoms. The smallest absolute Gasteiger partial charge is 0.453 e. The Morgan fingerprint density at radius 1 is 0.945 bits per heavy atom. The maximum Gasteiger partial charge on any atom is 0.453 e. The van der Waals surface area contributed by atoms with Crippen molar-refractivity contribution in [3.8, 4) is 5.75 Å². The quantitative estimate of drug-likeness (QED) is 0.0740. The first-order chi connectivity index (χ1) is 26.1. The molecule has 7 nitrogen and oxygen atoms in total. The Bertz CT molecular complexity index is 1560. The van der Waals surface area contributed by atoms with Crippen molar-refractivity contribution in [2.45, 2.75) is 140 Å². The summed E-state index contributed by atoms with van der Waals surface area (Å²) >= 11 is -1.40. The first kappa shape index (κ1) is 43.2. The summed E-state index contributed by atoms with van der Waals surface area (Å²) in [6, 6.07) is 13.8. The van der Waals surface area contributed by atoms with Crippen molar-refractivity contribution in [1.29, 1.82) is 0 Å². The second-order valence-electron chi connectivity index (χ2n) is 16.3. The molecule has 2 unspecified atom stereocenters. The molecule has 0 aromatic heterocycles. The maximum absolute atomic E-state index is 13.1. The molecule has 0 saturated heterocycles. The standard InChI is InChI=1S/C42H56F5NO6S/c1-40-22-20-33-32-17-16-31(54-39(52)48-35(38(50)51)25-28-13-8-7-9-14-28)27-30(32)26-29(37(33)34(40)18-19-36(40)49)15-10-5-3-2-4-6-11-23-55(53)24-12-21-41(43,44)42(45,46)47/h7-9,13-14,16-17,27,29,33-37,49H,2-6,10-12,15,18-26H2,1H3,(H,48,52)(H,50,51)/t29-,33?,34+,35+,36+,37-,40+,55?/m1/s1.